The lowest BCUT2D eigenvalue weighted by atomic mass is 10.2. The first kappa shape index (κ1) is 11.6. The molecule has 6 nitrogen and oxygen atoms in total. The second-order valence-corrected chi connectivity index (χ2v) is 2.97. The topological polar surface area (TPSA) is 85.5 Å². The highest BCUT2D eigenvalue weighted by molar-refractivity contribution is 5.66. The molecule has 84 valence electrons. The molecule has 0 aliphatic carbocycles. The molecule has 0 radical (unpaired) electrons. The minimum absolute atomic E-state index is 0.114. The highest BCUT2D eigenvalue weighted by Gasteiger charge is 2.06. The van der Waals surface area contributed by atoms with E-state index in [1.165, 1.54) is 0 Å². The number of carboxylic acids is 1. The highest BCUT2D eigenvalue weighted by Crippen LogP contribution is 2.05. The molecule has 0 amide bonds. The van der Waals surface area contributed by atoms with Gasteiger partial charge in [-0.05, 0) is 13.3 Å². The van der Waals surface area contributed by atoms with Crippen LogP contribution in [0.3, 0.4) is 0 Å². The molecule has 1 N–H and O–H groups in total. The van der Waals surface area contributed by atoms with Crippen molar-refractivity contribution in [1.82, 2.24) is 10.2 Å². The van der Waals surface area contributed by atoms with E-state index in [-0.39, 0.29) is 6.42 Å². The van der Waals surface area contributed by atoms with Crippen LogP contribution in [-0.4, -0.2) is 27.9 Å². The lowest BCUT2D eigenvalue weighted by Gasteiger charge is -1.94. The molecule has 6 heteroatoms. The van der Waals surface area contributed by atoms with Gasteiger partial charge in [-0.1, -0.05) is 0 Å². The number of rotatable bonds is 7. The van der Waals surface area contributed by atoms with Crippen molar-refractivity contribution in [3.8, 4) is 0 Å². The Morgan fingerprint density at radius 3 is 2.87 bits per heavy atom. The van der Waals surface area contributed by atoms with E-state index in [1.807, 2.05) is 6.92 Å². The maximum absolute atomic E-state index is 10.2. The Labute approximate surface area is 87.3 Å². The first-order valence-electron chi connectivity index (χ1n) is 4.83. The molecule has 0 bridgehead atoms. The van der Waals surface area contributed by atoms with Gasteiger partial charge in [-0.15, -0.1) is 10.2 Å². The largest absolute Gasteiger partial charge is 0.481 e. The van der Waals surface area contributed by atoms with E-state index in [1.54, 1.807) is 0 Å². The number of hydrogen-bond donors (Lipinski definition) is 1. The van der Waals surface area contributed by atoms with E-state index < -0.39 is 5.97 Å². The molecule has 15 heavy (non-hydrogen) atoms. The van der Waals surface area contributed by atoms with Gasteiger partial charge in [0.15, 0.2) is 0 Å². The maximum Gasteiger partial charge on any atom is 0.303 e. The van der Waals surface area contributed by atoms with E-state index in [0.29, 0.717) is 37.8 Å². The molecule has 0 aliphatic rings. The number of carboxylic acid groups (broad SMARTS) is 1. The summed E-state index contributed by atoms with van der Waals surface area (Å²) in [6.45, 7) is 2.78. The Morgan fingerprint density at radius 1 is 1.47 bits per heavy atom. The molecule has 0 saturated carbocycles. The molecular weight excluding hydrogens is 200 g/mol. The first-order valence-corrected chi connectivity index (χ1v) is 4.83. The van der Waals surface area contributed by atoms with Crippen molar-refractivity contribution < 1.29 is 19.1 Å². The smallest absolute Gasteiger partial charge is 0.303 e. The van der Waals surface area contributed by atoms with Crippen LogP contribution in [-0.2, 0) is 22.6 Å². The average Bonchev–Trinajstić information content (AvgIpc) is 2.62. The number of aryl methyl sites for hydroxylation is 1. The van der Waals surface area contributed by atoms with Gasteiger partial charge in [0.1, 0.15) is 6.61 Å². The summed E-state index contributed by atoms with van der Waals surface area (Å²) in [6, 6.07) is 0. The Balaban J connectivity index is 2.29. The van der Waals surface area contributed by atoms with E-state index in [2.05, 4.69) is 10.2 Å². The highest BCUT2D eigenvalue weighted by atomic mass is 16.5. The van der Waals surface area contributed by atoms with Crippen molar-refractivity contribution >= 4 is 5.97 Å². The lowest BCUT2D eigenvalue weighted by molar-refractivity contribution is -0.137. The summed E-state index contributed by atoms with van der Waals surface area (Å²) >= 11 is 0. The molecule has 0 spiro atoms. The fraction of sp³-hybridized carbons (Fsp3) is 0.667. The van der Waals surface area contributed by atoms with Gasteiger partial charge in [0.25, 0.3) is 0 Å². The predicted octanol–water partition coefficient (Wildman–Crippen LogP) is 1.01. The quantitative estimate of drug-likeness (QED) is 0.729. The number of ether oxygens (including phenoxy) is 1. The molecular formula is C9H14N2O4. The van der Waals surface area contributed by atoms with Crippen LogP contribution in [0.15, 0.2) is 4.42 Å². The van der Waals surface area contributed by atoms with Crippen LogP contribution in [0, 0.1) is 0 Å². The van der Waals surface area contributed by atoms with Crippen LogP contribution in [0.1, 0.15) is 31.5 Å². The number of hydrogen-bond acceptors (Lipinski definition) is 5. The van der Waals surface area contributed by atoms with Gasteiger partial charge in [0.2, 0.25) is 11.8 Å². The molecule has 1 rings (SSSR count). The minimum atomic E-state index is -0.816. The minimum Gasteiger partial charge on any atom is -0.481 e. The lowest BCUT2D eigenvalue weighted by Crippen LogP contribution is -1.95. The maximum atomic E-state index is 10.2. The van der Waals surface area contributed by atoms with Crippen LogP contribution in [0.2, 0.25) is 0 Å². The van der Waals surface area contributed by atoms with Crippen molar-refractivity contribution in [2.75, 3.05) is 6.61 Å². The van der Waals surface area contributed by atoms with Crippen molar-refractivity contribution in [1.29, 1.82) is 0 Å². The molecule has 0 aromatic carbocycles. The Bertz CT molecular complexity index is 311. The second kappa shape index (κ2) is 6.13. The summed E-state index contributed by atoms with van der Waals surface area (Å²) in [6.07, 6.45) is 1.11. The van der Waals surface area contributed by atoms with Crippen molar-refractivity contribution in [3.05, 3.63) is 11.8 Å². The van der Waals surface area contributed by atoms with Gasteiger partial charge in [0, 0.05) is 19.4 Å². The first-order chi connectivity index (χ1) is 7.22. The van der Waals surface area contributed by atoms with Crippen LogP contribution >= 0.6 is 0 Å². The summed E-state index contributed by atoms with van der Waals surface area (Å²) in [5.41, 5.74) is 0. The van der Waals surface area contributed by atoms with Gasteiger partial charge in [0.05, 0.1) is 0 Å². The van der Waals surface area contributed by atoms with Crippen molar-refractivity contribution in [3.63, 3.8) is 0 Å². The Kier molecular flexibility index (Phi) is 4.76. The fourth-order valence-electron chi connectivity index (χ4n) is 1.03. The molecule has 0 aliphatic heterocycles. The monoisotopic (exact) mass is 214 g/mol. The molecule has 0 atom stereocenters. The second-order valence-electron chi connectivity index (χ2n) is 2.97. The Hall–Kier alpha value is -1.43. The zero-order chi connectivity index (χ0) is 11.1. The molecule has 1 aromatic heterocycles. The van der Waals surface area contributed by atoms with Crippen LogP contribution in [0.25, 0.3) is 0 Å². The van der Waals surface area contributed by atoms with Crippen LogP contribution in [0.4, 0.5) is 0 Å². The SMILES string of the molecule is CCOCc1nnc(CCCC(=O)O)o1. The molecule has 0 saturated heterocycles. The van der Waals surface area contributed by atoms with E-state index >= 15 is 0 Å². The van der Waals surface area contributed by atoms with Crippen molar-refractivity contribution in [2.45, 2.75) is 32.8 Å². The summed E-state index contributed by atoms with van der Waals surface area (Å²) in [7, 11) is 0. The van der Waals surface area contributed by atoms with Gasteiger partial charge in [-0.3, -0.25) is 4.79 Å². The van der Waals surface area contributed by atoms with E-state index in [4.69, 9.17) is 14.3 Å². The average molecular weight is 214 g/mol. The number of aliphatic carboxylic acids is 1. The number of aromatic nitrogens is 2. The van der Waals surface area contributed by atoms with Crippen LogP contribution in [0.5, 0.6) is 0 Å². The fourth-order valence-corrected chi connectivity index (χ4v) is 1.03. The van der Waals surface area contributed by atoms with Crippen molar-refractivity contribution in [2.24, 2.45) is 0 Å². The third-order valence-electron chi connectivity index (χ3n) is 1.72. The summed E-state index contributed by atoms with van der Waals surface area (Å²) in [5, 5.41) is 16.0. The molecule has 0 unspecified atom stereocenters. The summed E-state index contributed by atoms with van der Waals surface area (Å²) in [5.74, 6) is 0.0807. The summed E-state index contributed by atoms with van der Waals surface area (Å²) < 4.78 is 10.3. The zero-order valence-electron chi connectivity index (χ0n) is 8.60. The normalized spacial score (nSPS) is 10.5. The predicted molar refractivity (Wildman–Crippen MR) is 50.2 cm³/mol. The van der Waals surface area contributed by atoms with Crippen LogP contribution < -0.4 is 0 Å². The number of nitrogens with zero attached hydrogens (tertiary/aromatic N) is 2. The standard InChI is InChI=1S/C9H14N2O4/c1-2-14-6-8-11-10-7(15-8)4-3-5-9(12)13/h2-6H2,1H3,(H,12,13). The zero-order valence-corrected chi connectivity index (χ0v) is 8.60. The third kappa shape index (κ3) is 4.55. The number of carbonyl (C=O) groups is 1. The molecule has 1 aromatic rings. The van der Waals surface area contributed by atoms with E-state index in [0.717, 1.165) is 0 Å². The van der Waals surface area contributed by atoms with Gasteiger partial charge in [-0.25, -0.2) is 0 Å². The van der Waals surface area contributed by atoms with Gasteiger partial charge in [-0.2, -0.15) is 0 Å². The molecule has 1 heterocycles. The third-order valence-corrected chi connectivity index (χ3v) is 1.72. The van der Waals surface area contributed by atoms with Gasteiger partial charge >= 0.3 is 5.97 Å². The Morgan fingerprint density at radius 2 is 2.20 bits per heavy atom. The molecule has 0 fully saturated rings. The van der Waals surface area contributed by atoms with E-state index in [9.17, 15) is 4.79 Å². The summed E-state index contributed by atoms with van der Waals surface area (Å²) in [4.78, 5) is 10.2. The van der Waals surface area contributed by atoms with Gasteiger partial charge < -0.3 is 14.3 Å².